The Balaban J connectivity index is 1.57. The van der Waals surface area contributed by atoms with E-state index in [-0.39, 0.29) is 35.9 Å². The monoisotopic (exact) mass is 579 g/mol. The topological polar surface area (TPSA) is 131 Å². The van der Waals surface area contributed by atoms with Crippen molar-refractivity contribution in [1.29, 1.82) is 5.26 Å². The van der Waals surface area contributed by atoms with E-state index in [9.17, 15) is 37.6 Å². The molecule has 2 saturated heterocycles. The molecular weight excluding hydrogens is 546 g/mol. The van der Waals surface area contributed by atoms with E-state index < -0.39 is 65.4 Å². The minimum atomic E-state index is -5.22. The lowest BCUT2D eigenvalue weighted by Gasteiger charge is -2.38. The van der Waals surface area contributed by atoms with E-state index in [1.54, 1.807) is 29.5 Å². The van der Waals surface area contributed by atoms with Crippen LogP contribution in [0.5, 0.6) is 0 Å². The van der Waals surface area contributed by atoms with E-state index in [4.69, 9.17) is 0 Å². The lowest BCUT2D eigenvalue weighted by molar-refractivity contribution is -0.176. The molecular formula is C28H33F4N5O4. The first-order valence-corrected chi connectivity index (χ1v) is 13.3. The van der Waals surface area contributed by atoms with Gasteiger partial charge in [0.15, 0.2) is 5.67 Å². The van der Waals surface area contributed by atoms with Gasteiger partial charge in [0, 0.05) is 24.6 Å². The Labute approximate surface area is 235 Å². The molecule has 13 heteroatoms. The molecule has 0 aromatic heterocycles. The summed E-state index contributed by atoms with van der Waals surface area (Å²) in [4.78, 5) is 51.8. The van der Waals surface area contributed by atoms with E-state index in [0.29, 0.717) is 5.70 Å². The molecule has 3 amide bonds. The second-order valence-corrected chi connectivity index (χ2v) is 12.9. The number of likely N-dealkylation sites (tertiary alicyclic amines) is 1. The first-order chi connectivity index (χ1) is 18.9. The average molecular weight is 580 g/mol. The summed E-state index contributed by atoms with van der Waals surface area (Å²) in [6.45, 7) is 8.33. The highest BCUT2D eigenvalue weighted by molar-refractivity contribution is 5.95. The quantitative estimate of drug-likeness (QED) is 0.327. The Kier molecular flexibility index (Phi) is 7.40. The van der Waals surface area contributed by atoms with Crippen LogP contribution in [0.25, 0.3) is 0 Å². The zero-order valence-corrected chi connectivity index (χ0v) is 23.4. The third kappa shape index (κ3) is 5.25. The average Bonchev–Trinajstić information content (AvgIpc) is 3.17. The van der Waals surface area contributed by atoms with Gasteiger partial charge >= 0.3 is 12.1 Å². The fourth-order valence-electron chi connectivity index (χ4n) is 6.49. The number of piperidine rings is 1. The number of amides is 3. The maximum absolute atomic E-state index is 16.3. The molecule has 0 aromatic rings. The van der Waals surface area contributed by atoms with Crippen LogP contribution < -0.4 is 16.0 Å². The van der Waals surface area contributed by atoms with Crippen LogP contribution in [0.15, 0.2) is 29.6 Å². The molecule has 2 heterocycles. The van der Waals surface area contributed by atoms with Crippen molar-refractivity contribution < 1.29 is 36.7 Å². The van der Waals surface area contributed by atoms with Crippen LogP contribution in [-0.2, 0) is 19.2 Å². The molecule has 0 bridgehead atoms. The lowest BCUT2D eigenvalue weighted by atomic mass is 9.80. The van der Waals surface area contributed by atoms with Gasteiger partial charge < -0.3 is 20.9 Å². The summed E-state index contributed by atoms with van der Waals surface area (Å²) in [5.41, 5.74) is -3.73. The van der Waals surface area contributed by atoms with E-state index in [2.05, 4.69) is 10.6 Å². The molecule has 0 radical (unpaired) electrons. The van der Waals surface area contributed by atoms with Crippen LogP contribution in [-0.4, -0.2) is 65.1 Å². The third-order valence-electron chi connectivity index (χ3n) is 8.88. The number of nitrogens with one attached hydrogen (secondary N) is 3. The zero-order valence-electron chi connectivity index (χ0n) is 23.4. The number of rotatable bonds is 6. The van der Waals surface area contributed by atoms with Crippen LogP contribution in [0, 0.1) is 39.9 Å². The second-order valence-electron chi connectivity index (χ2n) is 12.9. The van der Waals surface area contributed by atoms with Crippen molar-refractivity contribution in [3.05, 3.63) is 29.6 Å². The Morgan fingerprint density at radius 1 is 1.22 bits per heavy atom. The maximum atomic E-state index is 16.3. The predicted octanol–water partition coefficient (Wildman–Crippen LogP) is 2.45. The normalized spacial score (nSPS) is 31.0. The molecule has 2 aliphatic heterocycles. The molecule has 2 unspecified atom stereocenters. The molecule has 4 rings (SSSR count). The lowest BCUT2D eigenvalue weighted by Crippen LogP contribution is -2.61. The zero-order chi connectivity index (χ0) is 30.7. The second kappa shape index (κ2) is 10.0. The number of allylic oxidation sites excluding steroid dienone is 5. The molecule has 222 valence electrons. The largest absolute Gasteiger partial charge is 0.471 e. The van der Waals surface area contributed by atoms with Crippen LogP contribution in [0.2, 0.25) is 0 Å². The number of nitriles is 1. The highest BCUT2D eigenvalue weighted by Gasteiger charge is 2.70. The fraction of sp³-hybridized carbons (Fsp3) is 0.643. The predicted molar refractivity (Wildman–Crippen MR) is 137 cm³/mol. The van der Waals surface area contributed by atoms with Gasteiger partial charge in [-0.2, -0.15) is 18.4 Å². The van der Waals surface area contributed by atoms with E-state index in [1.807, 2.05) is 19.9 Å². The molecule has 4 aliphatic rings. The Bertz CT molecular complexity index is 1300. The maximum Gasteiger partial charge on any atom is 0.471 e. The SMILES string of the molecule is CC(C)(C)[C@H](NC(=O)C(F)(F)F)C(=O)N1C[C@H]2[C@@H]([C@H]1C(=O)N[C@H](C#N)CC1(F)C(=C=O)NC3=CC=CCC31)C2(C)C. The number of fused-ring (bicyclic) bond motifs is 2. The molecule has 1 saturated carbocycles. The fourth-order valence-corrected chi connectivity index (χ4v) is 6.49. The molecule has 9 nitrogen and oxygen atoms in total. The van der Waals surface area contributed by atoms with Crippen molar-refractivity contribution >= 4 is 23.7 Å². The minimum Gasteiger partial charge on any atom is -0.350 e. The van der Waals surface area contributed by atoms with Crippen LogP contribution in [0.4, 0.5) is 17.6 Å². The third-order valence-corrected chi connectivity index (χ3v) is 8.88. The summed E-state index contributed by atoms with van der Waals surface area (Å²) in [5, 5.41) is 16.9. The number of nitrogens with zero attached hydrogens (tertiary/aromatic N) is 2. The number of carbonyl (C=O) groups excluding carboxylic acids is 4. The van der Waals surface area contributed by atoms with Crippen molar-refractivity contribution in [2.75, 3.05) is 6.54 Å². The number of carbonyl (C=O) groups is 3. The van der Waals surface area contributed by atoms with Crippen molar-refractivity contribution in [2.45, 2.75) is 77.4 Å². The van der Waals surface area contributed by atoms with Crippen molar-refractivity contribution in [3.8, 4) is 6.07 Å². The molecule has 7 atom stereocenters. The number of hydrogen-bond donors (Lipinski definition) is 3. The summed E-state index contributed by atoms with van der Waals surface area (Å²) in [6, 6.07) is -2.28. The van der Waals surface area contributed by atoms with Crippen molar-refractivity contribution in [2.24, 2.45) is 28.6 Å². The summed E-state index contributed by atoms with van der Waals surface area (Å²) >= 11 is 0. The number of hydrogen-bond acceptors (Lipinski definition) is 6. The van der Waals surface area contributed by atoms with Gasteiger partial charge in [-0.1, -0.05) is 46.8 Å². The highest BCUT2D eigenvalue weighted by atomic mass is 19.4. The van der Waals surface area contributed by atoms with Gasteiger partial charge in [-0.05, 0) is 35.2 Å². The van der Waals surface area contributed by atoms with Crippen LogP contribution in [0.1, 0.15) is 47.5 Å². The molecule has 2 aliphatic carbocycles. The Morgan fingerprint density at radius 2 is 1.88 bits per heavy atom. The van der Waals surface area contributed by atoms with Gasteiger partial charge in [0.05, 0.1) is 6.07 Å². The molecule has 3 N–H and O–H groups in total. The summed E-state index contributed by atoms with van der Waals surface area (Å²) in [6.07, 6.45) is -0.477. The van der Waals surface area contributed by atoms with Gasteiger partial charge in [-0.15, -0.1) is 0 Å². The summed E-state index contributed by atoms with van der Waals surface area (Å²) in [5.74, 6) is -3.60. The van der Waals surface area contributed by atoms with Crippen molar-refractivity contribution in [1.82, 2.24) is 20.9 Å². The van der Waals surface area contributed by atoms with Crippen LogP contribution in [0.3, 0.4) is 0 Å². The Hall–Kier alpha value is -3.65. The van der Waals surface area contributed by atoms with E-state index in [1.165, 1.54) is 20.8 Å². The summed E-state index contributed by atoms with van der Waals surface area (Å²) < 4.78 is 55.5. The van der Waals surface area contributed by atoms with Gasteiger partial charge in [-0.25, -0.2) is 9.18 Å². The van der Waals surface area contributed by atoms with Gasteiger partial charge in [0.1, 0.15) is 29.8 Å². The number of halogens is 4. The standard InChI is InChI=1S/C28H33F4N5O4/c1-25(2,3)21(36-24(41)28(30,31)32)23(40)37-12-16-19(26(16,4)5)20(37)22(39)34-14(11-33)10-27(29)15-8-6-7-9-17(15)35-18(27)13-38/h6-7,9,14-16,19-21,35H,8,10,12H2,1-5H3,(H,34,39)(H,36,41)/t14-,15?,16-,19-,20-,21+,27?/m0/s1. The summed E-state index contributed by atoms with van der Waals surface area (Å²) in [7, 11) is 0. The highest BCUT2D eigenvalue weighted by Crippen LogP contribution is 2.65. The molecule has 41 heavy (non-hydrogen) atoms. The van der Waals surface area contributed by atoms with E-state index in [0.717, 1.165) is 4.90 Å². The van der Waals surface area contributed by atoms with Crippen LogP contribution >= 0.6 is 0 Å². The molecule has 0 aromatic carbocycles. The first kappa shape index (κ1) is 30.3. The van der Waals surface area contributed by atoms with Gasteiger partial charge in [-0.3, -0.25) is 14.4 Å². The Morgan fingerprint density at radius 3 is 2.44 bits per heavy atom. The number of alkyl halides is 4. The van der Waals surface area contributed by atoms with Crippen molar-refractivity contribution in [3.63, 3.8) is 0 Å². The smallest absolute Gasteiger partial charge is 0.350 e. The first-order valence-electron chi connectivity index (χ1n) is 13.3. The molecule has 0 spiro atoms. The molecule has 3 fully saturated rings. The van der Waals surface area contributed by atoms with Gasteiger partial charge in [0.25, 0.3) is 0 Å². The minimum absolute atomic E-state index is 0.0673. The van der Waals surface area contributed by atoms with E-state index >= 15 is 4.39 Å². The van der Waals surface area contributed by atoms with Gasteiger partial charge in [0.2, 0.25) is 11.8 Å².